The number of nitrogens with zero attached hydrogens (tertiary/aromatic N) is 6. The first kappa shape index (κ1) is 14.3. The normalized spacial score (nSPS) is 14.6. The van der Waals surface area contributed by atoms with Gasteiger partial charge in [-0.2, -0.15) is 0 Å². The monoisotopic (exact) mass is 304 g/mol. The SMILES string of the molecule is C=CCn1c(SCc2nnc(C)n2CC)nnc1C1CC1. The quantitative estimate of drug-likeness (QED) is 0.581. The summed E-state index contributed by atoms with van der Waals surface area (Å²) in [6, 6.07) is 0. The van der Waals surface area contributed by atoms with Gasteiger partial charge in [0.15, 0.2) is 5.16 Å². The molecule has 0 atom stereocenters. The fourth-order valence-electron chi connectivity index (χ4n) is 2.42. The average molecular weight is 304 g/mol. The van der Waals surface area contributed by atoms with Gasteiger partial charge in [-0.15, -0.1) is 27.0 Å². The van der Waals surface area contributed by atoms with Gasteiger partial charge in [-0.25, -0.2) is 0 Å². The van der Waals surface area contributed by atoms with Crippen LogP contribution in [0.5, 0.6) is 0 Å². The van der Waals surface area contributed by atoms with Gasteiger partial charge in [-0.1, -0.05) is 17.8 Å². The number of aryl methyl sites for hydroxylation is 1. The zero-order valence-corrected chi connectivity index (χ0v) is 13.3. The average Bonchev–Trinajstić information content (AvgIpc) is 3.15. The second-order valence-corrected chi connectivity index (χ2v) is 6.15. The second-order valence-electron chi connectivity index (χ2n) is 5.21. The molecule has 7 heteroatoms. The fraction of sp³-hybridized carbons (Fsp3) is 0.571. The summed E-state index contributed by atoms with van der Waals surface area (Å²) in [6.07, 6.45) is 4.35. The van der Waals surface area contributed by atoms with Crippen LogP contribution in [0.1, 0.15) is 43.2 Å². The molecule has 0 saturated heterocycles. The van der Waals surface area contributed by atoms with Gasteiger partial charge in [0.05, 0.1) is 5.75 Å². The Hall–Kier alpha value is -1.63. The van der Waals surface area contributed by atoms with E-state index < -0.39 is 0 Å². The lowest BCUT2D eigenvalue weighted by Gasteiger charge is -2.07. The lowest BCUT2D eigenvalue weighted by Crippen LogP contribution is -2.05. The van der Waals surface area contributed by atoms with E-state index >= 15 is 0 Å². The summed E-state index contributed by atoms with van der Waals surface area (Å²) in [5.74, 6) is 4.40. The topological polar surface area (TPSA) is 61.4 Å². The third-order valence-electron chi connectivity index (χ3n) is 3.66. The van der Waals surface area contributed by atoms with Gasteiger partial charge < -0.3 is 9.13 Å². The van der Waals surface area contributed by atoms with Crippen molar-refractivity contribution in [1.29, 1.82) is 0 Å². The van der Waals surface area contributed by atoms with E-state index in [-0.39, 0.29) is 0 Å². The van der Waals surface area contributed by atoms with E-state index in [4.69, 9.17) is 0 Å². The number of aromatic nitrogens is 6. The molecule has 0 aromatic carbocycles. The van der Waals surface area contributed by atoms with Crippen molar-refractivity contribution in [3.63, 3.8) is 0 Å². The van der Waals surface area contributed by atoms with Crippen molar-refractivity contribution >= 4 is 11.8 Å². The maximum atomic E-state index is 4.36. The highest BCUT2D eigenvalue weighted by Crippen LogP contribution is 2.40. The molecule has 1 fully saturated rings. The van der Waals surface area contributed by atoms with E-state index in [1.54, 1.807) is 11.8 Å². The van der Waals surface area contributed by atoms with Gasteiger partial charge in [0.25, 0.3) is 0 Å². The van der Waals surface area contributed by atoms with Gasteiger partial charge in [-0.3, -0.25) is 0 Å². The molecule has 2 aromatic heterocycles. The highest BCUT2D eigenvalue weighted by atomic mass is 32.2. The van der Waals surface area contributed by atoms with E-state index in [9.17, 15) is 0 Å². The molecule has 0 bridgehead atoms. The summed E-state index contributed by atoms with van der Waals surface area (Å²) in [7, 11) is 0. The predicted octanol–water partition coefficient (Wildman–Crippen LogP) is 2.55. The summed E-state index contributed by atoms with van der Waals surface area (Å²) in [5.41, 5.74) is 0. The Bertz CT molecular complexity index is 640. The third-order valence-corrected chi connectivity index (χ3v) is 4.62. The van der Waals surface area contributed by atoms with Crippen LogP contribution in [0.3, 0.4) is 0 Å². The van der Waals surface area contributed by atoms with Gasteiger partial charge in [0.1, 0.15) is 17.5 Å². The van der Waals surface area contributed by atoms with Crippen molar-refractivity contribution in [3.05, 3.63) is 30.1 Å². The number of allylic oxidation sites excluding steroid dienone is 1. The minimum Gasteiger partial charge on any atom is -0.315 e. The van der Waals surface area contributed by atoms with Crippen molar-refractivity contribution in [1.82, 2.24) is 29.5 Å². The molecule has 0 radical (unpaired) electrons. The summed E-state index contributed by atoms with van der Waals surface area (Å²) >= 11 is 1.67. The Morgan fingerprint density at radius 1 is 1.24 bits per heavy atom. The van der Waals surface area contributed by atoms with Crippen LogP contribution in [0.2, 0.25) is 0 Å². The number of thioether (sulfide) groups is 1. The van der Waals surface area contributed by atoms with E-state index in [1.165, 1.54) is 12.8 Å². The van der Waals surface area contributed by atoms with Crippen molar-refractivity contribution in [2.24, 2.45) is 0 Å². The number of hydrogen-bond acceptors (Lipinski definition) is 5. The second kappa shape index (κ2) is 6.01. The van der Waals surface area contributed by atoms with Crippen LogP contribution in [0.15, 0.2) is 17.8 Å². The summed E-state index contributed by atoms with van der Waals surface area (Å²) < 4.78 is 4.30. The van der Waals surface area contributed by atoms with Crippen LogP contribution in [-0.4, -0.2) is 29.5 Å². The van der Waals surface area contributed by atoms with E-state index in [0.29, 0.717) is 5.92 Å². The molecule has 2 heterocycles. The van der Waals surface area contributed by atoms with Crippen molar-refractivity contribution in [3.8, 4) is 0 Å². The predicted molar refractivity (Wildman–Crippen MR) is 82.2 cm³/mol. The van der Waals surface area contributed by atoms with E-state index in [0.717, 1.165) is 41.5 Å². The van der Waals surface area contributed by atoms with Crippen LogP contribution >= 0.6 is 11.8 Å². The van der Waals surface area contributed by atoms with Gasteiger partial charge in [0, 0.05) is 19.0 Å². The van der Waals surface area contributed by atoms with Gasteiger partial charge in [-0.05, 0) is 26.7 Å². The molecule has 112 valence electrons. The zero-order valence-electron chi connectivity index (χ0n) is 12.5. The summed E-state index contributed by atoms with van der Waals surface area (Å²) in [6.45, 7) is 9.58. The molecule has 0 amide bonds. The molecule has 6 nitrogen and oxygen atoms in total. The summed E-state index contributed by atoms with van der Waals surface area (Å²) in [4.78, 5) is 0. The molecule has 0 spiro atoms. The van der Waals surface area contributed by atoms with E-state index in [1.807, 2.05) is 13.0 Å². The number of hydrogen-bond donors (Lipinski definition) is 0. The largest absolute Gasteiger partial charge is 0.315 e. The lowest BCUT2D eigenvalue weighted by molar-refractivity contribution is 0.678. The minimum atomic E-state index is 0.591. The standard InChI is InChI=1S/C14H20N6S/c1-4-8-20-13(11-6-7-11)17-18-14(20)21-9-12-16-15-10(3)19(12)5-2/h4,11H,1,5-9H2,2-3H3. The third kappa shape index (κ3) is 2.88. The van der Waals surface area contributed by atoms with Crippen LogP contribution in [0.25, 0.3) is 0 Å². The smallest absolute Gasteiger partial charge is 0.191 e. The Labute approximate surface area is 128 Å². The first-order chi connectivity index (χ1) is 10.2. The molecule has 21 heavy (non-hydrogen) atoms. The van der Waals surface area contributed by atoms with Crippen molar-refractivity contribution < 1.29 is 0 Å². The fourth-order valence-corrected chi connectivity index (χ4v) is 3.32. The first-order valence-electron chi connectivity index (χ1n) is 7.30. The molecule has 2 aromatic rings. The molecular weight excluding hydrogens is 284 g/mol. The molecule has 0 aliphatic heterocycles. The summed E-state index contributed by atoms with van der Waals surface area (Å²) in [5, 5.41) is 18.0. The molecule has 0 unspecified atom stereocenters. The molecule has 0 N–H and O–H groups in total. The first-order valence-corrected chi connectivity index (χ1v) is 8.28. The zero-order chi connectivity index (χ0) is 14.8. The van der Waals surface area contributed by atoms with Crippen molar-refractivity contribution in [2.45, 2.75) is 56.6 Å². The number of rotatable bonds is 7. The molecule has 1 aliphatic carbocycles. The van der Waals surface area contributed by atoms with Crippen LogP contribution in [0.4, 0.5) is 0 Å². The maximum absolute atomic E-state index is 4.36. The van der Waals surface area contributed by atoms with Crippen LogP contribution in [-0.2, 0) is 18.8 Å². The lowest BCUT2D eigenvalue weighted by atomic mass is 10.4. The Morgan fingerprint density at radius 2 is 2.05 bits per heavy atom. The van der Waals surface area contributed by atoms with Crippen LogP contribution < -0.4 is 0 Å². The Morgan fingerprint density at radius 3 is 2.71 bits per heavy atom. The van der Waals surface area contributed by atoms with Gasteiger partial charge >= 0.3 is 0 Å². The molecule has 3 rings (SSSR count). The molecule has 1 saturated carbocycles. The highest BCUT2D eigenvalue weighted by molar-refractivity contribution is 7.98. The maximum Gasteiger partial charge on any atom is 0.191 e. The van der Waals surface area contributed by atoms with Gasteiger partial charge in [0.2, 0.25) is 0 Å². The van der Waals surface area contributed by atoms with Crippen molar-refractivity contribution in [2.75, 3.05) is 0 Å². The van der Waals surface area contributed by atoms with Crippen LogP contribution in [0, 0.1) is 6.92 Å². The highest BCUT2D eigenvalue weighted by Gasteiger charge is 2.30. The minimum absolute atomic E-state index is 0.591. The Balaban J connectivity index is 1.76. The Kier molecular flexibility index (Phi) is 4.10. The molecule has 1 aliphatic rings. The van der Waals surface area contributed by atoms with E-state index in [2.05, 4.69) is 43.0 Å². The molecular formula is C14H20N6S.